The van der Waals surface area contributed by atoms with Crippen molar-refractivity contribution in [3.63, 3.8) is 0 Å². The van der Waals surface area contributed by atoms with Crippen LogP contribution in [0.25, 0.3) is 0 Å². The Morgan fingerprint density at radius 1 is 1.29 bits per heavy atom. The molecule has 1 aliphatic rings. The van der Waals surface area contributed by atoms with Crippen LogP contribution in [-0.4, -0.2) is 32.1 Å². The third kappa shape index (κ3) is 4.48. The number of nitrogens with zero attached hydrogens (tertiary/aromatic N) is 1. The first-order chi connectivity index (χ1) is 9.88. The molecule has 1 fully saturated rings. The molecule has 1 aromatic carbocycles. The van der Waals surface area contributed by atoms with Crippen LogP contribution in [0.2, 0.25) is 0 Å². The van der Waals surface area contributed by atoms with Crippen molar-refractivity contribution >= 4 is 0 Å². The summed E-state index contributed by atoms with van der Waals surface area (Å²) in [6.07, 6.45) is 2.03. The molecule has 0 radical (unpaired) electrons. The van der Waals surface area contributed by atoms with Crippen molar-refractivity contribution in [2.24, 2.45) is 5.92 Å². The van der Waals surface area contributed by atoms with Crippen molar-refractivity contribution in [1.29, 1.82) is 0 Å². The molecule has 118 valence electrons. The quantitative estimate of drug-likeness (QED) is 0.889. The summed E-state index contributed by atoms with van der Waals surface area (Å²) in [7, 11) is 3.64. The van der Waals surface area contributed by atoms with Gasteiger partial charge in [0, 0.05) is 24.6 Å². The third-order valence-electron chi connectivity index (χ3n) is 4.25. The van der Waals surface area contributed by atoms with Crippen LogP contribution >= 0.6 is 0 Å². The zero-order valence-corrected chi connectivity index (χ0v) is 13.2. The predicted octanol–water partition coefficient (Wildman–Crippen LogP) is 3.79. The second-order valence-corrected chi connectivity index (χ2v) is 6.53. The second-order valence-electron chi connectivity index (χ2n) is 6.53. The van der Waals surface area contributed by atoms with Crippen molar-refractivity contribution in [1.82, 2.24) is 10.2 Å². The smallest absolute Gasteiger partial charge is 0.274 e. The van der Waals surface area contributed by atoms with E-state index in [1.54, 1.807) is 23.1 Å². The minimum absolute atomic E-state index is 0.140. The summed E-state index contributed by atoms with van der Waals surface area (Å²) in [5.74, 6) is -2.09. The molecule has 4 heteroatoms. The van der Waals surface area contributed by atoms with E-state index in [4.69, 9.17) is 0 Å². The van der Waals surface area contributed by atoms with Crippen LogP contribution in [-0.2, 0) is 5.92 Å². The van der Waals surface area contributed by atoms with Crippen LogP contribution < -0.4 is 5.32 Å². The first-order valence-electron chi connectivity index (χ1n) is 7.75. The lowest BCUT2D eigenvalue weighted by molar-refractivity contribution is -0.0188. The van der Waals surface area contributed by atoms with Crippen LogP contribution in [0.1, 0.15) is 43.4 Å². The number of benzene rings is 1. The highest BCUT2D eigenvalue weighted by atomic mass is 19.3. The molecule has 1 aliphatic heterocycles. The van der Waals surface area contributed by atoms with Gasteiger partial charge in [-0.15, -0.1) is 0 Å². The van der Waals surface area contributed by atoms with Gasteiger partial charge in [-0.3, -0.25) is 0 Å². The molecule has 1 N–H and O–H groups in total. The van der Waals surface area contributed by atoms with Crippen molar-refractivity contribution in [3.05, 3.63) is 35.4 Å². The van der Waals surface area contributed by atoms with Gasteiger partial charge in [0.05, 0.1) is 0 Å². The van der Waals surface area contributed by atoms with Crippen LogP contribution in [0.15, 0.2) is 24.3 Å². The lowest BCUT2D eigenvalue weighted by Crippen LogP contribution is -2.32. The van der Waals surface area contributed by atoms with E-state index >= 15 is 0 Å². The normalized spacial score (nSPS) is 23.5. The molecule has 2 rings (SSSR count). The van der Waals surface area contributed by atoms with Gasteiger partial charge in [-0.2, -0.15) is 0 Å². The molecule has 2 nitrogen and oxygen atoms in total. The van der Waals surface area contributed by atoms with E-state index < -0.39 is 5.92 Å². The van der Waals surface area contributed by atoms with Crippen molar-refractivity contribution < 1.29 is 8.78 Å². The predicted molar refractivity (Wildman–Crippen MR) is 82.6 cm³/mol. The number of halogens is 2. The van der Waals surface area contributed by atoms with Gasteiger partial charge in [0.2, 0.25) is 0 Å². The lowest BCUT2D eigenvalue weighted by Gasteiger charge is -2.29. The monoisotopic (exact) mass is 296 g/mol. The van der Waals surface area contributed by atoms with Gasteiger partial charge in [-0.25, -0.2) is 8.78 Å². The van der Waals surface area contributed by atoms with E-state index in [0.29, 0.717) is 12.5 Å². The zero-order chi connectivity index (χ0) is 15.5. The molecule has 1 aromatic rings. The zero-order valence-electron chi connectivity index (χ0n) is 13.2. The topological polar surface area (TPSA) is 15.3 Å². The van der Waals surface area contributed by atoms with E-state index in [-0.39, 0.29) is 18.0 Å². The highest BCUT2D eigenvalue weighted by Crippen LogP contribution is 2.34. The number of alkyl halides is 2. The SMILES string of the molecule is C[C@H]1CCC(c2cccc(C(F)(F)CCN(C)C)c2)NC1. The van der Waals surface area contributed by atoms with Crippen molar-refractivity contribution in [3.8, 4) is 0 Å². The summed E-state index contributed by atoms with van der Waals surface area (Å²) in [5, 5.41) is 3.46. The van der Waals surface area contributed by atoms with Gasteiger partial charge < -0.3 is 10.2 Å². The summed E-state index contributed by atoms with van der Waals surface area (Å²) in [6.45, 7) is 3.57. The molecule has 21 heavy (non-hydrogen) atoms. The van der Waals surface area contributed by atoms with E-state index in [1.165, 1.54) is 0 Å². The Kier molecular flexibility index (Phi) is 5.33. The molecule has 0 amide bonds. The Labute approximate surface area is 126 Å². The Hall–Kier alpha value is -1.00. The standard InChI is InChI=1S/C17H26F2N2/c1-13-7-8-16(20-12-13)14-5-4-6-15(11-14)17(18,19)9-10-21(2)3/h4-6,11,13,16,20H,7-10,12H2,1-3H3/t13-,16?/m0/s1. The summed E-state index contributed by atoms with van der Waals surface area (Å²) in [4.78, 5) is 1.79. The van der Waals surface area contributed by atoms with Gasteiger partial charge in [0.15, 0.2) is 0 Å². The first-order valence-corrected chi connectivity index (χ1v) is 7.75. The van der Waals surface area contributed by atoms with Gasteiger partial charge in [-0.05, 0) is 51.0 Å². The molecule has 0 saturated carbocycles. The van der Waals surface area contributed by atoms with Gasteiger partial charge in [-0.1, -0.05) is 25.1 Å². The molecule has 0 spiro atoms. The maximum absolute atomic E-state index is 14.3. The first kappa shape index (κ1) is 16.4. The minimum atomic E-state index is -2.76. The number of nitrogens with one attached hydrogen (secondary N) is 1. The molecule has 1 saturated heterocycles. The summed E-state index contributed by atoms with van der Waals surface area (Å²) in [5.41, 5.74) is 1.13. The van der Waals surface area contributed by atoms with Crippen LogP contribution in [0.3, 0.4) is 0 Å². The Morgan fingerprint density at radius 2 is 2.05 bits per heavy atom. The number of rotatable bonds is 5. The van der Waals surface area contributed by atoms with E-state index in [2.05, 4.69) is 12.2 Å². The minimum Gasteiger partial charge on any atom is -0.310 e. The number of hydrogen-bond donors (Lipinski definition) is 1. The van der Waals surface area contributed by atoms with Gasteiger partial charge in [0.25, 0.3) is 5.92 Å². The van der Waals surface area contributed by atoms with Crippen LogP contribution in [0.5, 0.6) is 0 Å². The Balaban J connectivity index is 2.09. The second kappa shape index (κ2) is 6.84. The average molecular weight is 296 g/mol. The fourth-order valence-corrected chi connectivity index (χ4v) is 2.77. The highest BCUT2D eigenvalue weighted by molar-refractivity contribution is 5.29. The number of piperidine rings is 1. The van der Waals surface area contributed by atoms with Crippen LogP contribution in [0.4, 0.5) is 8.78 Å². The molecular formula is C17H26F2N2. The van der Waals surface area contributed by atoms with E-state index in [9.17, 15) is 8.78 Å². The number of hydrogen-bond acceptors (Lipinski definition) is 2. The molecule has 0 aliphatic carbocycles. The van der Waals surface area contributed by atoms with E-state index in [1.807, 2.05) is 20.2 Å². The maximum Gasteiger partial charge on any atom is 0.274 e. The van der Waals surface area contributed by atoms with E-state index in [0.717, 1.165) is 24.9 Å². The summed E-state index contributed by atoms with van der Waals surface area (Å²) >= 11 is 0. The molecule has 2 atom stereocenters. The Morgan fingerprint density at radius 3 is 2.67 bits per heavy atom. The Bertz CT molecular complexity index is 452. The van der Waals surface area contributed by atoms with Gasteiger partial charge in [0.1, 0.15) is 0 Å². The molecule has 0 bridgehead atoms. The largest absolute Gasteiger partial charge is 0.310 e. The maximum atomic E-state index is 14.3. The molecule has 0 aromatic heterocycles. The van der Waals surface area contributed by atoms with Crippen molar-refractivity contribution in [2.75, 3.05) is 27.2 Å². The molecular weight excluding hydrogens is 270 g/mol. The average Bonchev–Trinajstić information content (AvgIpc) is 2.46. The fraction of sp³-hybridized carbons (Fsp3) is 0.647. The van der Waals surface area contributed by atoms with Gasteiger partial charge >= 0.3 is 0 Å². The lowest BCUT2D eigenvalue weighted by atomic mass is 9.90. The molecule has 1 heterocycles. The van der Waals surface area contributed by atoms with Crippen LogP contribution in [0, 0.1) is 5.92 Å². The fourth-order valence-electron chi connectivity index (χ4n) is 2.77. The highest BCUT2D eigenvalue weighted by Gasteiger charge is 2.32. The van der Waals surface area contributed by atoms with Crippen molar-refractivity contribution in [2.45, 2.75) is 38.2 Å². The summed E-state index contributed by atoms with van der Waals surface area (Å²) < 4.78 is 28.6. The third-order valence-corrected chi connectivity index (χ3v) is 4.25. The summed E-state index contributed by atoms with van der Waals surface area (Å²) in [6, 6.07) is 7.16. The molecule has 1 unspecified atom stereocenters.